The van der Waals surface area contributed by atoms with Crippen molar-refractivity contribution >= 4 is 39.1 Å². The fourth-order valence-electron chi connectivity index (χ4n) is 4.12. The van der Waals surface area contributed by atoms with Gasteiger partial charge in [0, 0.05) is 17.1 Å². The highest BCUT2D eigenvalue weighted by atomic mass is 32.2. The second kappa shape index (κ2) is 8.53. The molecule has 7 nitrogen and oxygen atoms in total. The van der Waals surface area contributed by atoms with Gasteiger partial charge >= 0.3 is 0 Å². The van der Waals surface area contributed by atoms with E-state index >= 15 is 0 Å². The number of rotatable bonds is 6. The second-order valence-electron chi connectivity index (χ2n) is 8.29. The summed E-state index contributed by atoms with van der Waals surface area (Å²) in [5.41, 5.74) is 1.80. The molecule has 4 aromatic rings. The van der Waals surface area contributed by atoms with Crippen molar-refractivity contribution in [2.24, 2.45) is 5.92 Å². The summed E-state index contributed by atoms with van der Waals surface area (Å²) in [6.07, 6.45) is 1.89. The van der Waals surface area contributed by atoms with Gasteiger partial charge in [-0.3, -0.25) is 4.79 Å². The molecule has 4 heterocycles. The van der Waals surface area contributed by atoms with Crippen molar-refractivity contribution in [3.05, 3.63) is 45.1 Å². The highest BCUT2D eigenvalue weighted by molar-refractivity contribution is 7.99. The molecule has 0 radical (unpaired) electrons. The van der Waals surface area contributed by atoms with Crippen LogP contribution in [0.2, 0.25) is 0 Å². The van der Waals surface area contributed by atoms with Gasteiger partial charge in [0.2, 0.25) is 5.78 Å². The molecule has 1 atom stereocenters. The predicted octanol–water partition coefficient (Wildman–Crippen LogP) is 4.70. The first kappa shape index (κ1) is 21.5. The molecular formula is C23H26N4O3S2. The molecule has 3 aromatic heterocycles. The van der Waals surface area contributed by atoms with Crippen LogP contribution in [0.5, 0.6) is 5.75 Å². The number of nitrogens with zero attached hydrogens (tertiary/aromatic N) is 4. The average molecular weight is 471 g/mol. The maximum atomic E-state index is 13.9. The van der Waals surface area contributed by atoms with Gasteiger partial charge in [0.25, 0.3) is 5.56 Å². The van der Waals surface area contributed by atoms with Gasteiger partial charge in [-0.15, -0.1) is 21.5 Å². The highest BCUT2D eigenvalue weighted by Gasteiger charge is 2.30. The number of hydrogen-bond acceptors (Lipinski definition) is 7. The molecule has 1 aliphatic heterocycles. The Morgan fingerprint density at radius 3 is 2.75 bits per heavy atom. The summed E-state index contributed by atoms with van der Waals surface area (Å²) in [5.74, 6) is 2.60. The Hall–Kier alpha value is -2.36. The Labute approximate surface area is 194 Å². The third kappa shape index (κ3) is 3.43. The van der Waals surface area contributed by atoms with Crippen LogP contribution < -0.4 is 10.3 Å². The van der Waals surface area contributed by atoms with E-state index in [0.29, 0.717) is 18.3 Å². The van der Waals surface area contributed by atoms with Gasteiger partial charge in [-0.1, -0.05) is 32.5 Å². The molecule has 1 aliphatic rings. The van der Waals surface area contributed by atoms with Crippen molar-refractivity contribution < 1.29 is 9.47 Å². The number of ether oxygens (including phenoxy) is 2. The van der Waals surface area contributed by atoms with E-state index in [1.807, 2.05) is 24.3 Å². The molecule has 9 heteroatoms. The van der Waals surface area contributed by atoms with Crippen LogP contribution in [-0.2, 0) is 17.8 Å². The van der Waals surface area contributed by atoms with Gasteiger partial charge in [0.1, 0.15) is 10.6 Å². The van der Waals surface area contributed by atoms with Crippen LogP contribution in [0.3, 0.4) is 0 Å². The quantitative estimate of drug-likeness (QED) is 0.380. The molecule has 0 amide bonds. The van der Waals surface area contributed by atoms with E-state index in [9.17, 15) is 4.79 Å². The lowest BCUT2D eigenvalue weighted by Crippen LogP contribution is -2.28. The predicted molar refractivity (Wildman–Crippen MR) is 129 cm³/mol. The minimum Gasteiger partial charge on any atom is -0.497 e. The zero-order valence-electron chi connectivity index (χ0n) is 18.6. The van der Waals surface area contributed by atoms with Gasteiger partial charge < -0.3 is 9.47 Å². The summed E-state index contributed by atoms with van der Waals surface area (Å²) >= 11 is 3.30. The molecule has 0 bridgehead atoms. The highest BCUT2D eigenvalue weighted by Crippen LogP contribution is 2.37. The first-order valence-electron chi connectivity index (χ1n) is 10.9. The molecule has 0 N–H and O–H groups in total. The van der Waals surface area contributed by atoms with E-state index in [0.717, 1.165) is 55.8 Å². The Morgan fingerprint density at radius 2 is 2.06 bits per heavy atom. The van der Waals surface area contributed by atoms with Gasteiger partial charge in [0.05, 0.1) is 30.9 Å². The summed E-state index contributed by atoms with van der Waals surface area (Å²) < 4.78 is 15.1. The smallest absolute Gasteiger partial charge is 0.268 e. The standard InChI is InChI=1S/C23H26N4O3S2/c1-5-10-31-23-25-24-22-26(14-6-8-15(29-4)9-7-14)20(28)19-16-11-17(13(2)3)30-12-18(16)32-21(19)27(22)23/h6-9,13,17H,5,10-12H2,1-4H3/t17-/m1/s1. The summed E-state index contributed by atoms with van der Waals surface area (Å²) in [7, 11) is 1.63. The fraction of sp³-hybridized carbons (Fsp3) is 0.435. The topological polar surface area (TPSA) is 70.7 Å². The molecule has 0 saturated carbocycles. The minimum atomic E-state index is -0.0565. The first-order valence-corrected chi connectivity index (χ1v) is 12.7. The summed E-state index contributed by atoms with van der Waals surface area (Å²) in [5, 5.41) is 10.5. The molecule has 0 fully saturated rings. The van der Waals surface area contributed by atoms with Crippen LogP contribution in [0, 0.1) is 5.92 Å². The zero-order chi connectivity index (χ0) is 22.4. The van der Waals surface area contributed by atoms with Crippen molar-refractivity contribution in [1.29, 1.82) is 0 Å². The summed E-state index contributed by atoms with van der Waals surface area (Å²) in [6.45, 7) is 7.02. The lowest BCUT2D eigenvalue weighted by Gasteiger charge is -2.26. The summed E-state index contributed by atoms with van der Waals surface area (Å²) in [4.78, 5) is 16.0. The first-order chi connectivity index (χ1) is 15.5. The number of aromatic nitrogens is 4. The molecule has 1 aromatic carbocycles. The van der Waals surface area contributed by atoms with Crippen molar-refractivity contribution in [3.8, 4) is 11.4 Å². The number of methoxy groups -OCH3 is 1. The van der Waals surface area contributed by atoms with Crippen LogP contribution in [0.15, 0.2) is 34.2 Å². The Morgan fingerprint density at radius 1 is 1.28 bits per heavy atom. The van der Waals surface area contributed by atoms with E-state index in [1.54, 1.807) is 34.8 Å². The number of benzene rings is 1. The van der Waals surface area contributed by atoms with Gasteiger partial charge in [0.15, 0.2) is 5.16 Å². The number of hydrogen-bond donors (Lipinski definition) is 0. The van der Waals surface area contributed by atoms with Gasteiger partial charge in [-0.05, 0) is 42.2 Å². The number of thiophene rings is 1. The van der Waals surface area contributed by atoms with Crippen LogP contribution in [0.1, 0.15) is 37.6 Å². The van der Waals surface area contributed by atoms with E-state index in [2.05, 4.69) is 35.4 Å². The largest absolute Gasteiger partial charge is 0.497 e. The SMILES string of the molecule is CCCSc1nnc2n(-c3ccc(OC)cc3)c(=O)c3c4c(sc3n12)CO[C@@H](C(C)C)C4. The molecule has 0 spiro atoms. The third-order valence-corrected chi connectivity index (χ3v) is 8.18. The molecule has 32 heavy (non-hydrogen) atoms. The lowest BCUT2D eigenvalue weighted by atomic mass is 9.96. The molecule has 0 aliphatic carbocycles. The van der Waals surface area contributed by atoms with Crippen molar-refractivity contribution in [1.82, 2.24) is 19.2 Å². The third-order valence-electron chi connectivity index (χ3n) is 5.85. The van der Waals surface area contributed by atoms with Crippen molar-refractivity contribution in [2.75, 3.05) is 12.9 Å². The van der Waals surface area contributed by atoms with Crippen LogP contribution in [0.25, 0.3) is 21.7 Å². The van der Waals surface area contributed by atoms with Crippen LogP contribution in [0.4, 0.5) is 0 Å². The molecular weight excluding hydrogens is 444 g/mol. The van der Waals surface area contributed by atoms with E-state index in [1.165, 1.54) is 0 Å². The van der Waals surface area contributed by atoms with E-state index in [4.69, 9.17) is 9.47 Å². The Kier molecular flexibility index (Phi) is 5.73. The van der Waals surface area contributed by atoms with E-state index in [-0.39, 0.29) is 11.7 Å². The van der Waals surface area contributed by atoms with Gasteiger partial charge in [-0.25, -0.2) is 8.97 Å². The van der Waals surface area contributed by atoms with Gasteiger partial charge in [-0.2, -0.15) is 0 Å². The van der Waals surface area contributed by atoms with Crippen LogP contribution in [-0.4, -0.2) is 38.1 Å². The Bertz CT molecular complexity index is 1340. The average Bonchev–Trinajstić information content (AvgIpc) is 3.39. The number of thioether (sulfide) groups is 1. The summed E-state index contributed by atoms with van der Waals surface area (Å²) in [6, 6.07) is 7.49. The monoisotopic (exact) mass is 470 g/mol. The number of fused-ring (bicyclic) bond motifs is 5. The zero-order valence-corrected chi connectivity index (χ0v) is 20.3. The van der Waals surface area contributed by atoms with Crippen molar-refractivity contribution in [2.45, 2.75) is 51.5 Å². The Balaban J connectivity index is 1.82. The minimum absolute atomic E-state index is 0.0565. The fourth-order valence-corrected chi connectivity index (χ4v) is 6.20. The molecule has 168 valence electrons. The van der Waals surface area contributed by atoms with Crippen molar-refractivity contribution in [3.63, 3.8) is 0 Å². The van der Waals surface area contributed by atoms with Crippen LogP contribution >= 0.6 is 23.1 Å². The molecule has 0 saturated heterocycles. The lowest BCUT2D eigenvalue weighted by molar-refractivity contribution is 0.00200. The maximum Gasteiger partial charge on any atom is 0.268 e. The second-order valence-corrected chi connectivity index (χ2v) is 10.4. The maximum absolute atomic E-state index is 13.9. The van der Waals surface area contributed by atoms with E-state index < -0.39 is 0 Å². The molecule has 5 rings (SSSR count). The molecule has 0 unspecified atom stereocenters. The normalized spacial score (nSPS) is 16.2.